The maximum atomic E-state index is 6.04. The highest BCUT2D eigenvalue weighted by Crippen LogP contribution is 2.28. The fraction of sp³-hybridized carbons (Fsp3) is 0.474. The van der Waals surface area contributed by atoms with Crippen molar-refractivity contribution in [1.82, 2.24) is 4.90 Å². The average Bonchev–Trinajstić information content (AvgIpc) is 2.55. The Morgan fingerprint density at radius 1 is 1.14 bits per heavy atom. The van der Waals surface area contributed by atoms with E-state index in [4.69, 9.17) is 5.73 Å². The van der Waals surface area contributed by atoms with Crippen molar-refractivity contribution in [1.29, 1.82) is 0 Å². The molecular formula is C19H26N2. The summed E-state index contributed by atoms with van der Waals surface area (Å²) in [5.41, 5.74) is 7.47. The Morgan fingerprint density at radius 2 is 1.95 bits per heavy atom. The molecule has 0 amide bonds. The van der Waals surface area contributed by atoms with E-state index >= 15 is 0 Å². The number of benzene rings is 2. The zero-order valence-electron chi connectivity index (χ0n) is 13.0. The summed E-state index contributed by atoms with van der Waals surface area (Å²) in [6, 6.07) is 15.9. The van der Waals surface area contributed by atoms with Crippen LogP contribution in [0.5, 0.6) is 0 Å². The molecule has 1 heterocycles. The van der Waals surface area contributed by atoms with Gasteiger partial charge in [-0.05, 0) is 41.6 Å². The molecule has 2 aromatic rings. The first-order valence-electron chi connectivity index (χ1n) is 8.22. The number of hydrogen-bond acceptors (Lipinski definition) is 2. The zero-order valence-corrected chi connectivity index (χ0v) is 13.0. The van der Waals surface area contributed by atoms with Crippen molar-refractivity contribution >= 4 is 10.8 Å². The molecule has 0 aliphatic carbocycles. The van der Waals surface area contributed by atoms with Gasteiger partial charge in [0.2, 0.25) is 0 Å². The van der Waals surface area contributed by atoms with Crippen LogP contribution in [-0.4, -0.2) is 24.0 Å². The van der Waals surface area contributed by atoms with Gasteiger partial charge in [0.25, 0.3) is 0 Å². The summed E-state index contributed by atoms with van der Waals surface area (Å²) in [6.45, 7) is 5.29. The van der Waals surface area contributed by atoms with Crippen LogP contribution in [0.4, 0.5) is 0 Å². The van der Waals surface area contributed by atoms with E-state index < -0.39 is 0 Å². The topological polar surface area (TPSA) is 29.3 Å². The molecule has 0 radical (unpaired) electrons. The Kier molecular flexibility index (Phi) is 4.57. The molecule has 0 aromatic heterocycles. The van der Waals surface area contributed by atoms with Crippen LogP contribution in [-0.2, 0) is 6.54 Å². The monoisotopic (exact) mass is 282 g/mol. The van der Waals surface area contributed by atoms with Gasteiger partial charge in [0.15, 0.2) is 0 Å². The van der Waals surface area contributed by atoms with Crippen LogP contribution >= 0.6 is 0 Å². The first-order valence-corrected chi connectivity index (χ1v) is 8.22. The van der Waals surface area contributed by atoms with Gasteiger partial charge in [0.05, 0.1) is 0 Å². The lowest BCUT2D eigenvalue weighted by atomic mass is 9.88. The maximum Gasteiger partial charge on any atom is 0.0243 e. The van der Waals surface area contributed by atoms with Gasteiger partial charge in [-0.15, -0.1) is 0 Å². The minimum atomic E-state index is 0.544. The lowest BCUT2D eigenvalue weighted by Gasteiger charge is -2.39. The summed E-state index contributed by atoms with van der Waals surface area (Å²) in [5.74, 6) is 0.863. The predicted molar refractivity (Wildman–Crippen MR) is 90.2 cm³/mol. The Hall–Kier alpha value is -1.38. The average molecular weight is 282 g/mol. The quantitative estimate of drug-likeness (QED) is 0.924. The highest BCUT2D eigenvalue weighted by molar-refractivity contribution is 5.85. The summed E-state index contributed by atoms with van der Waals surface area (Å²) in [6.07, 6.45) is 3.87. The number of hydrogen-bond donors (Lipinski definition) is 1. The summed E-state index contributed by atoms with van der Waals surface area (Å²) < 4.78 is 0. The normalized spacial score (nSPS) is 23.5. The molecule has 112 valence electrons. The molecule has 1 aliphatic rings. The number of likely N-dealkylation sites (tertiary alicyclic amines) is 1. The van der Waals surface area contributed by atoms with E-state index in [1.54, 1.807) is 0 Å². The molecule has 0 bridgehead atoms. The van der Waals surface area contributed by atoms with E-state index in [9.17, 15) is 0 Å². The zero-order chi connectivity index (χ0) is 14.7. The third-order valence-corrected chi connectivity index (χ3v) is 5.05. The molecular weight excluding hydrogens is 256 g/mol. The second-order valence-electron chi connectivity index (χ2n) is 6.30. The fourth-order valence-corrected chi connectivity index (χ4v) is 3.66. The highest BCUT2D eigenvalue weighted by atomic mass is 15.2. The van der Waals surface area contributed by atoms with Crippen LogP contribution < -0.4 is 5.73 Å². The van der Waals surface area contributed by atoms with Crippen LogP contribution in [0.2, 0.25) is 0 Å². The summed E-state index contributed by atoms with van der Waals surface area (Å²) in [7, 11) is 0. The highest BCUT2D eigenvalue weighted by Gasteiger charge is 2.26. The number of nitrogens with zero attached hydrogens (tertiary/aromatic N) is 1. The minimum Gasteiger partial charge on any atom is -0.329 e. The van der Waals surface area contributed by atoms with Crippen LogP contribution in [0, 0.1) is 5.92 Å². The number of rotatable bonds is 4. The SMILES string of the molecule is CCC1CCN(Cc2cccc3ccccc23)C(CN)C1. The summed E-state index contributed by atoms with van der Waals surface area (Å²) >= 11 is 0. The minimum absolute atomic E-state index is 0.544. The van der Waals surface area contributed by atoms with Gasteiger partial charge in [-0.1, -0.05) is 55.8 Å². The van der Waals surface area contributed by atoms with Crippen molar-refractivity contribution in [2.24, 2.45) is 11.7 Å². The van der Waals surface area contributed by atoms with Crippen molar-refractivity contribution in [3.05, 3.63) is 48.0 Å². The van der Waals surface area contributed by atoms with E-state index in [0.717, 1.165) is 19.0 Å². The van der Waals surface area contributed by atoms with Gasteiger partial charge in [0.1, 0.15) is 0 Å². The smallest absolute Gasteiger partial charge is 0.0243 e. The molecule has 21 heavy (non-hydrogen) atoms. The molecule has 3 rings (SSSR count). The first-order chi connectivity index (χ1) is 10.3. The van der Waals surface area contributed by atoms with Crippen molar-refractivity contribution in [2.45, 2.75) is 38.8 Å². The largest absolute Gasteiger partial charge is 0.329 e. The fourth-order valence-electron chi connectivity index (χ4n) is 3.66. The first kappa shape index (κ1) is 14.6. The molecule has 2 atom stereocenters. The Balaban J connectivity index is 1.81. The lowest BCUT2D eigenvalue weighted by molar-refractivity contribution is 0.108. The van der Waals surface area contributed by atoms with Gasteiger partial charge in [0, 0.05) is 19.1 Å². The van der Waals surface area contributed by atoms with Crippen molar-refractivity contribution in [3.8, 4) is 0 Å². The number of nitrogens with two attached hydrogens (primary N) is 1. The van der Waals surface area contributed by atoms with Gasteiger partial charge < -0.3 is 5.73 Å². The summed E-state index contributed by atoms with van der Waals surface area (Å²) in [4.78, 5) is 2.59. The van der Waals surface area contributed by atoms with Crippen LogP contribution in [0.25, 0.3) is 10.8 Å². The molecule has 1 fully saturated rings. The molecule has 2 heteroatoms. The van der Waals surface area contributed by atoms with Crippen LogP contribution in [0.15, 0.2) is 42.5 Å². The predicted octanol–water partition coefficient (Wildman–Crippen LogP) is 3.79. The molecule has 0 saturated carbocycles. The number of piperidine rings is 1. The second kappa shape index (κ2) is 6.59. The van der Waals surface area contributed by atoms with E-state index in [1.807, 2.05) is 0 Å². The second-order valence-corrected chi connectivity index (χ2v) is 6.30. The van der Waals surface area contributed by atoms with E-state index in [2.05, 4.69) is 54.3 Å². The van der Waals surface area contributed by atoms with Gasteiger partial charge in [-0.25, -0.2) is 0 Å². The van der Waals surface area contributed by atoms with Gasteiger partial charge >= 0.3 is 0 Å². The summed E-state index contributed by atoms with van der Waals surface area (Å²) in [5, 5.41) is 2.72. The molecule has 2 nitrogen and oxygen atoms in total. The Bertz CT molecular complexity index is 588. The molecule has 1 saturated heterocycles. The lowest BCUT2D eigenvalue weighted by Crippen LogP contribution is -2.46. The van der Waals surface area contributed by atoms with Crippen molar-refractivity contribution < 1.29 is 0 Å². The Morgan fingerprint density at radius 3 is 2.76 bits per heavy atom. The van der Waals surface area contributed by atoms with Crippen molar-refractivity contribution in [3.63, 3.8) is 0 Å². The van der Waals surface area contributed by atoms with Crippen LogP contribution in [0.3, 0.4) is 0 Å². The van der Waals surface area contributed by atoms with Crippen LogP contribution in [0.1, 0.15) is 31.7 Å². The van der Waals surface area contributed by atoms with Crippen molar-refractivity contribution in [2.75, 3.05) is 13.1 Å². The molecule has 2 unspecified atom stereocenters. The third-order valence-electron chi connectivity index (χ3n) is 5.05. The molecule has 1 aliphatic heterocycles. The molecule has 2 aromatic carbocycles. The van der Waals surface area contributed by atoms with Gasteiger partial charge in [-0.3, -0.25) is 4.90 Å². The molecule has 0 spiro atoms. The van der Waals surface area contributed by atoms with Gasteiger partial charge in [-0.2, -0.15) is 0 Å². The Labute approximate surface area is 127 Å². The number of fused-ring (bicyclic) bond motifs is 1. The third kappa shape index (κ3) is 3.12. The maximum absolute atomic E-state index is 6.04. The standard InChI is InChI=1S/C19H26N2/c1-2-15-10-11-21(18(12-15)13-20)14-17-8-5-7-16-6-3-4-9-19(16)17/h3-9,15,18H,2,10-14,20H2,1H3. The molecule has 2 N–H and O–H groups in total. The van der Waals surface area contributed by atoms with E-state index in [0.29, 0.717) is 6.04 Å². The van der Waals surface area contributed by atoms with E-state index in [1.165, 1.54) is 42.1 Å². The van der Waals surface area contributed by atoms with E-state index in [-0.39, 0.29) is 0 Å².